The van der Waals surface area contributed by atoms with Crippen LogP contribution in [0.1, 0.15) is 6.92 Å². The summed E-state index contributed by atoms with van der Waals surface area (Å²) in [5.41, 5.74) is 0. The number of allylic oxidation sites excluding steroid dienone is 3. The van der Waals surface area contributed by atoms with Gasteiger partial charge in [0.15, 0.2) is 0 Å². The van der Waals surface area contributed by atoms with Crippen LogP contribution in [0.25, 0.3) is 0 Å². The van der Waals surface area contributed by atoms with E-state index in [1.165, 1.54) is 0 Å². The highest BCUT2D eigenvalue weighted by atomic mass is 16.6. The number of hydrogen-bond acceptors (Lipinski definition) is 2. The van der Waals surface area contributed by atoms with Gasteiger partial charge in [-0.15, -0.1) is 0 Å². The van der Waals surface area contributed by atoms with Crippen molar-refractivity contribution in [3.63, 3.8) is 0 Å². The fourth-order valence-corrected chi connectivity index (χ4v) is 0.205. The minimum absolute atomic E-state index is 0.662. The van der Waals surface area contributed by atoms with Crippen LogP contribution in [-0.4, -0.2) is 0 Å². The van der Waals surface area contributed by atoms with E-state index in [2.05, 4.69) is 11.4 Å². The third kappa shape index (κ3) is 3.06. The second-order valence-corrected chi connectivity index (χ2v) is 1.13. The maximum Gasteiger partial charge on any atom is 0.120 e. The van der Waals surface area contributed by atoms with Crippen LogP contribution >= 0.6 is 0 Å². The van der Waals surface area contributed by atoms with Crippen molar-refractivity contribution in [2.45, 2.75) is 6.92 Å². The molecule has 0 atom stereocenters. The molecule has 0 fully saturated rings. The van der Waals surface area contributed by atoms with Crippen LogP contribution in [-0.2, 0) is 4.84 Å². The predicted octanol–water partition coefficient (Wildman–Crippen LogP) is 0.966. The highest BCUT2D eigenvalue weighted by Gasteiger charge is 1.75. The highest BCUT2D eigenvalue weighted by molar-refractivity contribution is 5.00. The molecule has 0 saturated heterocycles. The van der Waals surface area contributed by atoms with Crippen molar-refractivity contribution in [3.8, 4) is 0 Å². The Morgan fingerprint density at radius 2 is 2.43 bits per heavy atom. The van der Waals surface area contributed by atoms with Crippen LogP contribution in [0.4, 0.5) is 0 Å². The predicted molar refractivity (Wildman–Crippen MR) is 29.2 cm³/mol. The second-order valence-electron chi connectivity index (χ2n) is 1.13. The Balaban J connectivity index is 3.49. The molecule has 0 spiro atoms. The molecule has 0 aromatic carbocycles. The number of rotatable bonds is 2. The minimum Gasteiger partial charge on any atom is -0.416 e. The van der Waals surface area contributed by atoms with Crippen LogP contribution in [0.2, 0.25) is 0 Å². The van der Waals surface area contributed by atoms with Crippen molar-refractivity contribution >= 4 is 0 Å². The van der Waals surface area contributed by atoms with Gasteiger partial charge in [-0.25, -0.2) is 0 Å². The lowest BCUT2D eigenvalue weighted by Gasteiger charge is -1.90. The molecule has 0 aromatic rings. The van der Waals surface area contributed by atoms with Gasteiger partial charge in [0.05, 0.1) is 0 Å². The van der Waals surface area contributed by atoms with E-state index in [0.29, 0.717) is 5.76 Å². The SMILES string of the molecule is C=C/C=C(/C)ON. The molecule has 0 unspecified atom stereocenters. The molecule has 2 nitrogen and oxygen atoms in total. The molecule has 0 radical (unpaired) electrons. The lowest BCUT2D eigenvalue weighted by Crippen LogP contribution is -1.94. The van der Waals surface area contributed by atoms with Gasteiger partial charge in [-0.1, -0.05) is 12.7 Å². The van der Waals surface area contributed by atoms with Gasteiger partial charge in [-0.05, 0) is 13.0 Å². The highest BCUT2D eigenvalue weighted by Crippen LogP contribution is 1.87. The Morgan fingerprint density at radius 1 is 1.86 bits per heavy atom. The smallest absolute Gasteiger partial charge is 0.120 e. The Morgan fingerprint density at radius 3 is 2.57 bits per heavy atom. The van der Waals surface area contributed by atoms with E-state index < -0.39 is 0 Å². The van der Waals surface area contributed by atoms with E-state index in [0.717, 1.165) is 0 Å². The maximum absolute atomic E-state index is 4.74. The lowest BCUT2D eigenvalue weighted by molar-refractivity contribution is 0.223. The Kier molecular flexibility index (Phi) is 3.06. The average Bonchev–Trinajstić information content (AvgIpc) is 1.68. The zero-order chi connectivity index (χ0) is 5.70. The number of nitrogens with two attached hydrogens (primary N) is 1. The molecular weight excluding hydrogens is 90.1 g/mol. The van der Waals surface area contributed by atoms with Gasteiger partial charge in [0.25, 0.3) is 0 Å². The molecule has 0 aliphatic rings. The average molecular weight is 99.1 g/mol. The van der Waals surface area contributed by atoms with E-state index in [-0.39, 0.29) is 0 Å². The van der Waals surface area contributed by atoms with Crippen LogP contribution in [0, 0.1) is 0 Å². The molecule has 0 amide bonds. The molecule has 2 heteroatoms. The van der Waals surface area contributed by atoms with E-state index in [4.69, 9.17) is 5.90 Å². The maximum atomic E-state index is 4.74. The van der Waals surface area contributed by atoms with Crippen LogP contribution < -0.4 is 5.90 Å². The molecule has 0 saturated carbocycles. The van der Waals surface area contributed by atoms with Crippen molar-refractivity contribution in [1.29, 1.82) is 0 Å². The third-order valence-corrected chi connectivity index (χ3v) is 0.538. The van der Waals surface area contributed by atoms with Gasteiger partial charge in [-0.2, -0.15) is 5.90 Å². The largest absolute Gasteiger partial charge is 0.416 e. The van der Waals surface area contributed by atoms with E-state index in [1.54, 1.807) is 19.1 Å². The monoisotopic (exact) mass is 99.1 g/mol. The van der Waals surface area contributed by atoms with Crippen molar-refractivity contribution in [2.24, 2.45) is 5.90 Å². The summed E-state index contributed by atoms with van der Waals surface area (Å²) in [4.78, 5) is 4.28. The van der Waals surface area contributed by atoms with Crippen molar-refractivity contribution in [3.05, 3.63) is 24.5 Å². The second kappa shape index (κ2) is 3.43. The number of hydrogen-bond donors (Lipinski definition) is 1. The van der Waals surface area contributed by atoms with Gasteiger partial charge in [0.1, 0.15) is 5.76 Å². The summed E-state index contributed by atoms with van der Waals surface area (Å²) in [6.45, 7) is 5.19. The molecule has 0 aliphatic heterocycles. The van der Waals surface area contributed by atoms with Gasteiger partial charge < -0.3 is 4.84 Å². The Hall–Kier alpha value is -0.760. The Labute approximate surface area is 43.2 Å². The van der Waals surface area contributed by atoms with Crippen molar-refractivity contribution < 1.29 is 4.84 Å². The van der Waals surface area contributed by atoms with Gasteiger partial charge in [-0.3, -0.25) is 0 Å². The van der Waals surface area contributed by atoms with E-state index >= 15 is 0 Å². The summed E-state index contributed by atoms with van der Waals surface area (Å²) in [6, 6.07) is 0. The molecule has 7 heavy (non-hydrogen) atoms. The fraction of sp³-hybridized carbons (Fsp3) is 0.200. The molecule has 2 N–H and O–H groups in total. The van der Waals surface area contributed by atoms with Crippen molar-refractivity contribution in [1.82, 2.24) is 0 Å². The quantitative estimate of drug-likeness (QED) is 0.318. The van der Waals surface area contributed by atoms with Gasteiger partial charge in [0.2, 0.25) is 0 Å². The Bertz CT molecular complexity index is 86.1. The summed E-state index contributed by atoms with van der Waals surface area (Å²) in [7, 11) is 0. The molecule has 40 valence electrons. The summed E-state index contributed by atoms with van der Waals surface area (Å²) in [5.74, 6) is 5.40. The van der Waals surface area contributed by atoms with E-state index in [1.807, 2.05) is 0 Å². The molecule has 0 rings (SSSR count). The minimum atomic E-state index is 0.662. The van der Waals surface area contributed by atoms with Gasteiger partial charge in [0, 0.05) is 0 Å². The summed E-state index contributed by atoms with van der Waals surface area (Å²) >= 11 is 0. The molecular formula is C5H9NO. The third-order valence-electron chi connectivity index (χ3n) is 0.538. The first kappa shape index (κ1) is 6.24. The fourth-order valence-electron chi connectivity index (χ4n) is 0.205. The zero-order valence-corrected chi connectivity index (χ0v) is 4.35. The van der Waals surface area contributed by atoms with Crippen LogP contribution in [0.15, 0.2) is 24.5 Å². The van der Waals surface area contributed by atoms with E-state index in [9.17, 15) is 0 Å². The lowest BCUT2D eigenvalue weighted by atomic mass is 10.5. The summed E-state index contributed by atoms with van der Waals surface area (Å²) < 4.78 is 0. The summed E-state index contributed by atoms with van der Waals surface area (Å²) in [5, 5.41) is 0. The molecule has 0 aliphatic carbocycles. The normalized spacial score (nSPS) is 10.9. The first-order chi connectivity index (χ1) is 3.31. The standard InChI is InChI=1S/C5H9NO/c1-3-4-5(2)7-6/h3-4H,1,6H2,2H3/b5-4-. The van der Waals surface area contributed by atoms with Crippen LogP contribution in [0.3, 0.4) is 0 Å². The topological polar surface area (TPSA) is 35.2 Å². The van der Waals surface area contributed by atoms with Crippen LogP contribution in [0.5, 0.6) is 0 Å². The molecule has 0 heterocycles. The first-order valence-corrected chi connectivity index (χ1v) is 1.97. The molecule has 0 bridgehead atoms. The first-order valence-electron chi connectivity index (χ1n) is 1.97. The zero-order valence-electron chi connectivity index (χ0n) is 4.35. The summed E-state index contributed by atoms with van der Waals surface area (Å²) in [6.07, 6.45) is 3.29. The van der Waals surface area contributed by atoms with Crippen molar-refractivity contribution in [2.75, 3.05) is 0 Å². The van der Waals surface area contributed by atoms with Gasteiger partial charge >= 0.3 is 0 Å². The molecule has 0 aromatic heterocycles.